The minimum Gasteiger partial charge on any atom is -0.382 e. The van der Waals surface area contributed by atoms with Crippen molar-refractivity contribution in [3.8, 4) is 6.07 Å². The lowest BCUT2D eigenvalue weighted by Crippen LogP contribution is -2.10. The second kappa shape index (κ2) is 6.15. The minimum absolute atomic E-state index is 0.0273. The molecule has 0 unspecified atom stereocenters. The normalized spacial score (nSPS) is 13.7. The van der Waals surface area contributed by atoms with Gasteiger partial charge in [0.15, 0.2) is 0 Å². The van der Waals surface area contributed by atoms with E-state index in [1.54, 1.807) is 12.1 Å². The van der Waals surface area contributed by atoms with E-state index in [0.29, 0.717) is 18.5 Å². The summed E-state index contributed by atoms with van der Waals surface area (Å²) in [5.74, 6) is 0.0273. The molecule has 4 heteroatoms. The van der Waals surface area contributed by atoms with Crippen LogP contribution in [0.3, 0.4) is 0 Å². The third kappa shape index (κ3) is 2.99. The van der Waals surface area contributed by atoms with Crippen molar-refractivity contribution >= 4 is 29.4 Å². The maximum Gasteiger partial charge on any atom is 0.226 e. The van der Waals surface area contributed by atoms with Crippen LogP contribution in [0.25, 0.3) is 12.2 Å². The Morgan fingerprint density at radius 1 is 1.09 bits per heavy atom. The first-order valence-electron chi connectivity index (χ1n) is 7.11. The van der Waals surface area contributed by atoms with Crippen molar-refractivity contribution in [2.45, 2.75) is 6.42 Å². The highest BCUT2D eigenvalue weighted by Gasteiger charge is 2.13. The Kier molecular flexibility index (Phi) is 3.88. The molecule has 4 nitrogen and oxygen atoms in total. The Morgan fingerprint density at radius 2 is 1.91 bits per heavy atom. The van der Waals surface area contributed by atoms with Gasteiger partial charge in [0.25, 0.3) is 0 Å². The summed E-state index contributed by atoms with van der Waals surface area (Å²) in [5, 5.41) is 15.0. The molecule has 2 N–H and O–H groups in total. The number of nitrogens with zero attached hydrogens (tertiary/aromatic N) is 1. The van der Waals surface area contributed by atoms with E-state index in [4.69, 9.17) is 5.26 Å². The lowest BCUT2D eigenvalue weighted by Gasteiger charge is -2.10. The van der Waals surface area contributed by atoms with Gasteiger partial charge in [-0.3, -0.25) is 4.79 Å². The molecule has 0 atom stereocenters. The van der Waals surface area contributed by atoms with Crippen molar-refractivity contribution in [3.63, 3.8) is 0 Å². The molecule has 1 amide bonds. The molecule has 0 aromatic heterocycles. The fourth-order valence-electron chi connectivity index (χ4n) is 2.38. The number of fused-ring (bicyclic) bond motifs is 1. The molecule has 1 aliphatic rings. The Balaban J connectivity index is 1.89. The molecule has 0 saturated carbocycles. The highest BCUT2D eigenvalue weighted by molar-refractivity contribution is 5.98. The van der Waals surface area contributed by atoms with Crippen LogP contribution in [-0.2, 0) is 4.79 Å². The number of carbonyl (C=O) groups is 1. The van der Waals surface area contributed by atoms with Crippen LogP contribution in [-0.4, -0.2) is 12.5 Å². The topological polar surface area (TPSA) is 64.9 Å². The maximum absolute atomic E-state index is 11.6. The zero-order valence-corrected chi connectivity index (χ0v) is 12.0. The number of nitrogens with one attached hydrogen (secondary N) is 2. The van der Waals surface area contributed by atoms with Crippen LogP contribution in [0.4, 0.5) is 11.4 Å². The largest absolute Gasteiger partial charge is 0.382 e. The second-order valence-electron chi connectivity index (χ2n) is 5.06. The zero-order chi connectivity index (χ0) is 15.4. The first-order valence-corrected chi connectivity index (χ1v) is 7.11. The molecule has 1 aliphatic heterocycles. The summed E-state index contributed by atoms with van der Waals surface area (Å²) in [7, 11) is 0. The van der Waals surface area contributed by atoms with Crippen molar-refractivity contribution < 1.29 is 4.79 Å². The molecule has 0 aliphatic carbocycles. The summed E-state index contributed by atoms with van der Waals surface area (Å²) in [6.07, 6.45) is 4.46. The number of carbonyl (C=O) groups excluding carboxylic acids is 1. The monoisotopic (exact) mass is 289 g/mol. The van der Waals surface area contributed by atoms with Crippen LogP contribution in [0.1, 0.15) is 23.1 Å². The number of hydrogen-bond acceptors (Lipinski definition) is 3. The highest BCUT2D eigenvalue weighted by atomic mass is 16.1. The fraction of sp³-hybridized carbons (Fsp3) is 0.111. The average Bonchev–Trinajstić information content (AvgIpc) is 2.74. The molecule has 0 bridgehead atoms. The number of rotatable bonds is 2. The smallest absolute Gasteiger partial charge is 0.226 e. The van der Waals surface area contributed by atoms with Crippen LogP contribution in [0.2, 0.25) is 0 Å². The number of anilines is 2. The summed E-state index contributed by atoms with van der Waals surface area (Å²) in [6, 6.07) is 15.3. The lowest BCUT2D eigenvalue weighted by molar-refractivity contribution is -0.115. The third-order valence-corrected chi connectivity index (χ3v) is 3.52. The lowest BCUT2D eigenvalue weighted by atomic mass is 10.1. The summed E-state index contributed by atoms with van der Waals surface area (Å²) in [6.45, 7) is 0.626. The number of benzene rings is 2. The van der Waals surface area contributed by atoms with Crippen molar-refractivity contribution in [3.05, 3.63) is 59.2 Å². The van der Waals surface area contributed by atoms with E-state index < -0.39 is 0 Å². The standard InChI is InChI=1S/C18H15N3O/c19-12-14-6-4-13(5-7-14)8-9-15-2-1-3-16-18(15)20-11-10-17(22)21-16/h1-9,20H,10-11H2,(H,21,22)/b9-8+. The number of hydrogen-bond donors (Lipinski definition) is 2. The molecule has 22 heavy (non-hydrogen) atoms. The summed E-state index contributed by atoms with van der Waals surface area (Å²) < 4.78 is 0. The van der Waals surface area contributed by atoms with Gasteiger partial charge in [0.2, 0.25) is 5.91 Å². The molecule has 2 aromatic carbocycles. The Hall–Kier alpha value is -3.06. The van der Waals surface area contributed by atoms with E-state index in [1.165, 1.54) is 0 Å². The molecular formula is C18H15N3O. The highest BCUT2D eigenvalue weighted by Crippen LogP contribution is 2.29. The van der Waals surface area contributed by atoms with Gasteiger partial charge in [-0.05, 0) is 29.3 Å². The van der Waals surface area contributed by atoms with E-state index in [2.05, 4.69) is 16.7 Å². The molecule has 0 spiro atoms. The van der Waals surface area contributed by atoms with E-state index in [9.17, 15) is 4.79 Å². The minimum atomic E-state index is 0.0273. The third-order valence-electron chi connectivity index (χ3n) is 3.52. The predicted octanol–water partition coefficient (Wildman–Crippen LogP) is 3.48. The van der Waals surface area contributed by atoms with E-state index >= 15 is 0 Å². The molecule has 2 aromatic rings. The van der Waals surface area contributed by atoms with E-state index in [-0.39, 0.29) is 5.91 Å². The van der Waals surface area contributed by atoms with Gasteiger partial charge in [-0.15, -0.1) is 0 Å². The predicted molar refractivity (Wildman–Crippen MR) is 88.3 cm³/mol. The average molecular weight is 289 g/mol. The van der Waals surface area contributed by atoms with Gasteiger partial charge in [-0.2, -0.15) is 5.26 Å². The van der Waals surface area contributed by atoms with Crippen LogP contribution in [0.15, 0.2) is 42.5 Å². The molecule has 0 radical (unpaired) electrons. The first-order chi connectivity index (χ1) is 10.8. The van der Waals surface area contributed by atoms with Crippen LogP contribution >= 0.6 is 0 Å². The maximum atomic E-state index is 11.6. The summed E-state index contributed by atoms with van der Waals surface area (Å²) >= 11 is 0. The summed E-state index contributed by atoms with van der Waals surface area (Å²) in [4.78, 5) is 11.6. The van der Waals surface area contributed by atoms with Crippen LogP contribution in [0, 0.1) is 11.3 Å². The fourth-order valence-corrected chi connectivity index (χ4v) is 2.38. The van der Waals surface area contributed by atoms with Crippen LogP contribution in [0.5, 0.6) is 0 Å². The van der Waals surface area contributed by atoms with E-state index in [1.807, 2.05) is 42.5 Å². The second-order valence-corrected chi connectivity index (χ2v) is 5.06. The number of para-hydroxylation sites is 1. The van der Waals surface area contributed by atoms with Crippen molar-refractivity contribution in [1.82, 2.24) is 0 Å². The van der Waals surface area contributed by atoms with Crippen molar-refractivity contribution in [1.29, 1.82) is 5.26 Å². The molecule has 0 saturated heterocycles. The zero-order valence-electron chi connectivity index (χ0n) is 12.0. The van der Waals surface area contributed by atoms with Gasteiger partial charge < -0.3 is 10.6 Å². The SMILES string of the molecule is N#Cc1ccc(/C=C/c2cccc3c2NCCC(=O)N3)cc1. The number of nitriles is 1. The van der Waals surface area contributed by atoms with Gasteiger partial charge in [-0.1, -0.05) is 36.4 Å². The molecule has 108 valence electrons. The quantitative estimate of drug-likeness (QED) is 0.832. The number of amides is 1. The Bertz CT molecular complexity index is 770. The van der Waals surface area contributed by atoms with Gasteiger partial charge in [0.1, 0.15) is 0 Å². The molecular weight excluding hydrogens is 274 g/mol. The van der Waals surface area contributed by atoms with Gasteiger partial charge in [-0.25, -0.2) is 0 Å². The van der Waals surface area contributed by atoms with Crippen molar-refractivity contribution in [2.75, 3.05) is 17.2 Å². The molecule has 0 fully saturated rings. The summed E-state index contributed by atoms with van der Waals surface area (Å²) in [5.41, 5.74) is 4.44. The molecule has 1 heterocycles. The van der Waals surface area contributed by atoms with Gasteiger partial charge >= 0.3 is 0 Å². The van der Waals surface area contributed by atoms with Crippen molar-refractivity contribution in [2.24, 2.45) is 0 Å². The first kappa shape index (κ1) is 13.9. The van der Waals surface area contributed by atoms with E-state index in [0.717, 1.165) is 22.5 Å². The van der Waals surface area contributed by atoms with Crippen LogP contribution < -0.4 is 10.6 Å². The van der Waals surface area contributed by atoms with Gasteiger partial charge in [0.05, 0.1) is 23.0 Å². The Morgan fingerprint density at radius 3 is 2.68 bits per heavy atom. The Labute approximate surface area is 129 Å². The molecule has 3 rings (SSSR count). The van der Waals surface area contributed by atoms with Gasteiger partial charge in [0, 0.05) is 13.0 Å².